The molecule has 0 aliphatic carbocycles. The van der Waals surface area contributed by atoms with Gasteiger partial charge in [-0.15, -0.1) is 0 Å². The van der Waals surface area contributed by atoms with Gasteiger partial charge in [-0.1, -0.05) is 0 Å². The van der Waals surface area contributed by atoms with Gasteiger partial charge in [-0.2, -0.15) is 0 Å². The van der Waals surface area contributed by atoms with Gasteiger partial charge in [-0.3, -0.25) is 9.78 Å². The van der Waals surface area contributed by atoms with Crippen LogP contribution in [0.2, 0.25) is 0 Å². The highest BCUT2D eigenvalue weighted by molar-refractivity contribution is 9.11. The van der Waals surface area contributed by atoms with Gasteiger partial charge >= 0.3 is 0 Å². The Labute approximate surface area is 148 Å². The summed E-state index contributed by atoms with van der Waals surface area (Å²) in [5, 5.41) is 20.8. The van der Waals surface area contributed by atoms with Gasteiger partial charge in [-0.25, -0.2) is 4.39 Å². The number of Topliss-reactive ketones (excluding diaryl/α,β-unsaturated/α-hetero) is 1. The summed E-state index contributed by atoms with van der Waals surface area (Å²) in [4.78, 5) is 15.7. The molecule has 0 aliphatic rings. The van der Waals surface area contributed by atoms with Crippen molar-refractivity contribution >= 4 is 39.8 Å². The van der Waals surface area contributed by atoms with E-state index in [1.54, 1.807) is 0 Å². The number of hydrogen-bond donors (Lipinski definition) is 4. The Kier molecular flexibility index (Phi) is 7.97. The molecule has 1 rings (SSSR count). The third-order valence-corrected chi connectivity index (χ3v) is 3.79. The summed E-state index contributed by atoms with van der Waals surface area (Å²) >= 11 is 3.35. The first-order chi connectivity index (χ1) is 11.4. The Balaban J connectivity index is 3.16. The van der Waals surface area contributed by atoms with Gasteiger partial charge in [0.05, 0.1) is 22.2 Å². The summed E-state index contributed by atoms with van der Waals surface area (Å²) in [6.45, 7) is 4.20. The number of halogens is 2. The van der Waals surface area contributed by atoms with Crippen LogP contribution in [0.4, 0.5) is 4.39 Å². The molecule has 0 saturated heterocycles. The Morgan fingerprint density at radius 3 is 2.67 bits per heavy atom. The van der Waals surface area contributed by atoms with Crippen molar-refractivity contribution in [2.45, 2.75) is 13.8 Å². The summed E-state index contributed by atoms with van der Waals surface area (Å²) < 4.78 is 14.0. The molecule has 8 heteroatoms. The standard InChI is InChI=1S/C16H19BrFN5O/c1-3-21-16(17)11(7-20)8-22-14(4-5-19)15-13(10(2)24)6-12(18)9-23-15/h4-7,9,19-22H,3,8H2,1-2H3/b14-4-,16-11+,19-5?,20-7?. The van der Waals surface area contributed by atoms with Gasteiger partial charge in [0.2, 0.25) is 0 Å². The van der Waals surface area contributed by atoms with Crippen LogP contribution < -0.4 is 10.6 Å². The molecule has 1 aromatic rings. The van der Waals surface area contributed by atoms with Crippen LogP contribution in [0, 0.1) is 16.6 Å². The van der Waals surface area contributed by atoms with Crippen LogP contribution in [0.25, 0.3) is 5.70 Å². The van der Waals surface area contributed by atoms with Gasteiger partial charge in [0.25, 0.3) is 0 Å². The molecule has 0 aliphatic heterocycles. The molecule has 0 saturated carbocycles. The summed E-state index contributed by atoms with van der Waals surface area (Å²) in [5.74, 6) is -0.931. The molecule has 0 radical (unpaired) electrons. The van der Waals surface area contributed by atoms with Crippen LogP contribution in [0.3, 0.4) is 0 Å². The molecule has 6 nitrogen and oxygen atoms in total. The van der Waals surface area contributed by atoms with E-state index in [4.69, 9.17) is 10.8 Å². The van der Waals surface area contributed by atoms with E-state index < -0.39 is 5.82 Å². The van der Waals surface area contributed by atoms with Gasteiger partial charge < -0.3 is 21.5 Å². The van der Waals surface area contributed by atoms with E-state index in [0.717, 1.165) is 18.5 Å². The van der Waals surface area contributed by atoms with Crippen molar-refractivity contribution in [1.29, 1.82) is 10.8 Å². The number of nitrogens with zero attached hydrogens (tertiary/aromatic N) is 1. The topological polar surface area (TPSA) is 102 Å². The number of nitrogens with one attached hydrogen (secondary N) is 4. The van der Waals surface area contributed by atoms with Crippen LogP contribution >= 0.6 is 15.9 Å². The molecule has 128 valence electrons. The summed E-state index contributed by atoms with van der Waals surface area (Å²) in [7, 11) is 0. The molecule has 0 fully saturated rings. The van der Waals surface area contributed by atoms with E-state index >= 15 is 0 Å². The zero-order chi connectivity index (χ0) is 18.1. The molecular weight excluding hydrogens is 377 g/mol. The zero-order valence-corrected chi connectivity index (χ0v) is 15.0. The van der Waals surface area contributed by atoms with Gasteiger partial charge in [0.15, 0.2) is 5.78 Å². The van der Waals surface area contributed by atoms with Crippen molar-refractivity contribution in [2.24, 2.45) is 0 Å². The molecule has 0 spiro atoms. The lowest BCUT2D eigenvalue weighted by Gasteiger charge is -2.14. The maximum absolute atomic E-state index is 13.4. The van der Waals surface area contributed by atoms with E-state index in [0.29, 0.717) is 22.4 Å². The van der Waals surface area contributed by atoms with Crippen molar-refractivity contribution in [2.75, 3.05) is 13.1 Å². The van der Waals surface area contributed by atoms with Crippen molar-refractivity contribution in [1.82, 2.24) is 15.6 Å². The average Bonchev–Trinajstić information content (AvgIpc) is 2.54. The number of carbonyl (C=O) groups is 1. The number of aromatic nitrogens is 1. The fourth-order valence-corrected chi connectivity index (χ4v) is 2.41. The highest BCUT2D eigenvalue weighted by Gasteiger charge is 2.14. The van der Waals surface area contributed by atoms with Crippen molar-refractivity contribution in [3.05, 3.63) is 45.6 Å². The predicted octanol–water partition coefficient (Wildman–Crippen LogP) is 2.87. The summed E-state index contributed by atoms with van der Waals surface area (Å²) in [6, 6.07) is 1.12. The molecule has 0 unspecified atom stereocenters. The molecule has 1 heterocycles. The minimum Gasteiger partial charge on any atom is -0.379 e. The number of carbonyl (C=O) groups excluding carboxylic acids is 1. The Morgan fingerprint density at radius 1 is 1.42 bits per heavy atom. The minimum absolute atomic E-state index is 0.127. The van der Waals surface area contributed by atoms with E-state index in [1.165, 1.54) is 19.2 Å². The molecule has 1 aromatic heterocycles. The predicted molar refractivity (Wildman–Crippen MR) is 97.4 cm³/mol. The number of ketones is 1. The second-order valence-corrected chi connectivity index (χ2v) is 5.51. The number of allylic oxidation sites excluding steroid dienone is 1. The molecule has 0 atom stereocenters. The lowest BCUT2D eigenvalue weighted by molar-refractivity contribution is 0.101. The lowest BCUT2D eigenvalue weighted by atomic mass is 10.1. The van der Waals surface area contributed by atoms with Crippen LogP contribution in [-0.2, 0) is 0 Å². The van der Waals surface area contributed by atoms with E-state index in [-0.39, 0.29) is 23.6 Å². The quantitative estimate of drug-likeness (QED) is 0.293. The second-order valence-electron chi connectivity index (χ2n) is 4.72. The normalized spacial score (nSPS) is 12.2. The van der Waals surface area contributed by atoms with Crippen LogP contribution in [-0.4, -0.2) is 36.3 Å². The van der Waals surface area contributed by atoms with Gasteiger partial charge in [0, 0.05) is 36.7 Å². The number of rotatable bonds is 9. The second kappa shape index (κ2) is 9.71. The number of pyridine rings is 1. The zero-order valence-electron chi connectivity index (χ0n) is 13.4. The van der Waals surface area contributed by atoms with Crippen LogP contribution in [0.5, 0.6) is 0 Å². The first-order valence-electron chi connectivity index (χ1n) is 7.19. The van der Waals surface area contributed by atoms with Gasteiger partial charge in [0.1, 0.15) is 5.82 Å². The van der Waals surface area contributed by atoms with E-state index in [1.807, 2.05) is 6.92 Å². The lowest BCUT2D eigenvalue weighted by Crippen LogP contribution is -2.22. The molecule has 0 bridgehead atoms. The molecule has 4 N–H and O–H groups in total. The largest absolute Gasteiger partial charge is 0.379 e. The SMILES string of the molecule is CCN/C(Br)=C(\C=N)CN/C(=C\C=N)c1ncc(F)cc1C(C)=O. The van der Waals surface area contributed by atoms with Gasteiger partial charge in [-0.05, 0) is 41.9 Å². The summed E-state index contributed by atoms with van der Waals surface area (Å²) in [5.41, 5.74) is 1.42. The van der Waals surface area contributed by atoms with Crippen LogP contribution in [0.1, 0.15) is 29.9 Å². The molecule has 0 amide bonds. The van der Waals surface area contributed by atoms with Crippen molar-refractivity contribution < 1.29 is 9.18 Å². The Bertz CT molecular complexity index is 700. The smallest absolute Gasteiger partial charge is 0.162 e. The molecular formula is C16H19BrFN5O. The Morgan fingerprint density at radius 2 is 2.12 bits per heavy atom. The fourth-order valence-electron chi connectivity index (χ4n) is 1.88. The van der Waals surface area contributed by atoms with Crippen LogP contribution in [0.15, 0.2) is 28.5 Å². The molecule has 0 aromatic carbocycles. The average molecular weight is 396 g/mol. The van der Waals surface area contributed by atoms with Crippen molar-refractivity contribution in [3.8, 4) is 0 Å². The maximum atomic E-state index is 13.4. The molecule has 24 heavy (non-hydrogen) atoms. The monoisotopic (exact) mass is 395 g/mol. The highest BCUT2D eigenvalue weighted by atomic mass is 79.9. The maximum Gasteiger partial charge on any atom is 0.162 e. The third-order valence-electron chi connectivity index (χ3n) is 3.00. The summed E-state index contributed by atoms with van der Waals surface area (Å²) in [6.07, 6.45) is 4.68. The Hall–Kier alpha value is -2.35. The van der Waals surface area contributed by atoms with Crippen molar-refractivity contribution in [3.63, 3.8) is 0 Å². The fraction of sp³-hybridized carbons (Fsp3) is 0.250. The first-order valence-corrected chi connectivity index (χ1v) is 7.98. The van der Waals surface area contributed by atoms with E-state index in [9.17, 15) is 9.18 Å². The first kappa shape index (κ1) is 19.7. The third kappa shape index (κ3) is 5.38. The number of hydrogen-bond acceptors (Lipinski definition) is 6. The minimum atomic E-state index is -0.604. The highest BCUT2D eigenvalue weighted by Crippen LogP contribution is 2.17. The van der Waals surface area contributed by atoms with E-state index in [2.05, 4.69) is 31.5 Å².